The molecule has 0 saturated carbocycles. The minimum Gasteiger partial charge on any atom is -0.397 e. The molecular weight excluding hydrogens is 92.1 g/mol. The molecule has 2 heteroatoms. The maximum atomic E-state index is 7.88. The normalized spacial score (nSPS) is 6.86. The quantitative estimate of drug-likeness (QED) is 0.507. The lowest BCUT2D eigenvalue weighted by molar-refractivity contribution is 0.295. The molecule has 0 aromatic rings. The summed E-state index contributed by atoms with van der Waals surface area (Å²) < 4.78 is 0. The van der Waals surface area contributed by atoms with Crippen molar-refractivity contribution in [2.45, 2.75) is 20.3 Å². The van der Waals surface area contributed by atoms with E-state index in [2.05, 4.69) is 0 Å². The summed E-state index contributed by atoms with van der Waals surface area (Å²) in [7, 11) is 0. The molecule has 2 nitrogen and oxygen atoms in total. The van der Waals surface area contributed by atoms with Crippen LogP contribution in [-0.4, -0.2) is 23.4 Å². The van der Waals surface area contributed by atoms with Crippen molar-refractivity contribution >= 4 is 0 Å². The first-order valence-electron chi connectivity index (χ1n) is 2.55. The third-order valence-electron chi connectivity index (χ3n) is 0.224. The lowest BCUT2D eigenvalue weighted by atomic mass is 10.5. The zero-order valence-electron chi connectivity index (χ0n) is 5.02. The Balaban J connectivity index is 0. The summed E-state index contributed by atoms with van der Waals surface area (Å²) in [6.07, 6.45) is 0.875. The van der Waals surface area contributed by atoms with E-state index in [0.29, 0.717) is 6.61 Å². The van der Waals surface area contributed by atoms with Crippen molar-refractivity contribution in [2.75, 3.05) is 13.2 Å². The van der Waals surface area contributed by atoms with Gasteiger partial charge in [-0.25, -0.2) is 0 Å². The Bertz CT molecular complexity index is 13.6. The first-order valence-corrected chi connectivity index (χ1v) is 2.55. The average Bonchev–Trinajstić information content (AvgIpc) is 1.69. The van der Waals surface area contributed by atoms with Gasteiger partial charge in [-0.3, -0.25) is 0 Å². The summed E-state index contributed by atoms with van der Waals surface area (Å²) in [6.45, 7) is 4.18. The van der Waals surface area contributed by atoms with E-state index in [0.717, 1.165) is 6.42 Å². The Morgan fingerprint density at radius 3 is 1.29 bits per heavy atom. The number of aliphatic hydroxyl groups excluding tert-OH is 2. The summed E-state index contributed by atoms with van der Waals surface area (Å²) in [5, 5.41) is 15.4. The molecule has 0 unspecified atom stereocenters. The minimum absolute atomic E-state index is 0.250. The first kappa shape index (κ1) is 10.0. The van der Waals surface area contributed by atoms with Crippen molar-refractivity contribution in [1.82, 2.24) is 0 Å². The van der Waals surface area contributed by atoms with E-state index in [1.54, 1.807) is 6.92 Å². The molecule has 46 valence electrons. The van der Waals surface area contributed by atoms with E-state index < -0.39 is 0 Å². The second kappa shape index (κ2) is 16.8. The maximum absolute atomic E-state index is 7.88. The fourth-order valence-corrected chi connectivity index (χ4v) is 0. The molecule has 0 aromatic carbocycles. The van der Waals surface area contributed by atoms with Crippen LogP contribution in [0.15, 0.2) is 0 Å². The Kier molecular flexibility index (Phi) is 24.1. The molecule has 0 aromatic heterocycles. The highest BCUT2D eigenvalue weighted by Crippen LogP contribution is 1.61. The SMILES string of the molecule is CCCO.CCO. The van der Waals surface area contributed by atoms with Crippen LogP contribution in [0.3, 0.4) is 0 Å². The topological polar surface area (TPSA) is 40.5 Å². The second-order valence-corrected chi connectivity index (χ2v) is 1.04. The molecule has 0 aliphatic heterocycles. The molecule has 0 fully saturated rings. The van der Waals surface area contributed by atoms with Crippen molar-refractivity contribution in [3.63, 3.8) is 0 Å². The molecule has 2 N–H and O–H groups in total. The maximum Gasteiger partial charge on any atom is 0.0428 e. The van der Waals surface area contributed by atoms with Gasteiger partial charge in [0.2, 0.25) is 0 Å². The lowest BCUT2D eigenvalue weighted by Gasteiger charge is -1.69. The molecule has 0 spiro atoms. The Morgan fingerprint density at radius 2 is 1.29 bits per heavy atom. The van der Waals surface area contributed by atoms with E-state index in [-0.39, 0.29) is 6.61 Å². The van der Waals surface area contributed by atoms with Gasteiger partial charge < -0.3 is 10.2 Å². The van der Waals surface area contributed by atoms with Crippen LogP contribution in [0.4, 0.5) is 0 Å². The van der Waals surface area contributed by atoms with Gasteiger partial charge in [-0.1, -0.05) is 6.92 Å². The van der Waals surface area contributed by atoms with E-state index in [4.69, 9.17) is 10.2 Å². The highest BCUT2D eigenvalue weighted by molar-refractivity contribution is 4.10. The predicted octanol–water partition coefficient (Wildman–Crippen LogP) is 0.387. The Hall–Kier alpha value is -0.0800. The fraction of sp³-hybridized carbons (Fsp3) is 1.00. The van der Waals surface area contributed by atoms with Crippen molar-refractivity contribution in [3.8, 4) is 0 Å². The van der Waals surface area contributed by atoms with Crippen LogP contribution in [0.5, 0.6) is 0 Å². The predicted molar refractivity (Wildman–Crippen MR) is 30.1 cm³/mol. The van der Waals surface area contributed by atoms with Gasteiger partial charge >= 0.3 is 0 Å². The average molecular weight is 106 g/mol. The molecule has 0 amide bonds. The monoisotopic (exact) mass is 106 g/mol. The highest BCUT2D eigenvalue weighted by atomic mass is 16.3. The van der Waals surface area contributed by atoms with Crippen LogP contribution in [0, 0.1) is 0 Å². The summed E-state index contributed by atoms with van der Waals surface area (Å²) >= 11 is 0. The van der Waals surface area contributed by atoms with Crippen LogP contribution in [0.25, 0.3) is 0 Å². The summed E-state index contributed by atoms with van der Waals surface area (Å²) in [6, 6.07) is 0. The molecule has 0 rings (SSSR count). The number of hydrogen-bond donors (Lipinski definition) is 2. The second-order valence-electron chi connectivity index (χ2n) is 1.04. The van der Waals surface area contributed by atoms with Gasteiger partial charge in [-0.2, -0.15) is 0 Å². The van der Waals surface area contributed by atoms with Gasteiger partial charge in [0.15, 0.2) is 0 Å². The molecule has 0 saturated heterocycles. The van der Waals surface area contributed by atoms with Crippen molar-refractivity contribution in [2.24, 2.45) is 0 Å². The van der Waals surface area contributed by atoms with Crippen molar-refractivity contribution < 1.29 is 10.2 Å². The molecule has 0 aliphatic rings. The lowest BCUT2D eigenvalue weighted by Crippen LogP contribution is -1.69. The van der Waals surface area contributed by atoms with Crippen LogP contribution in [0.2, 0.25) is 0 Å². The summed E-state index contributed by atoms with van der Waals surface area (Å²) in [5.41, 5.74) is 0. The Labute approximate surface area is 44.8 Å². The summed E-state index contributed by atoms with van der Waals surface area (Å²) in [5.74, 6) is 0. The largest absolute Gasteiger partial charge is 0.397 e. The van der Waals surface area contributed by atoms with Crippen LogP contribution in [-0.2, 0) is 0 Å². The van der Waals surface area contributed by atoms with E-state index in [1.165, 1.54) is 0 Å². The van der Waals surface area contributed by atoms with Crippen molar-refractivity contribution in [3.05, 3.63) is 0 Å². The van der Waals surface area contributed by atoms with E-state index >= 15 is 0 Å². The fourth-order valence-electron chi connectivity index (χ4n) is 0. The van der Waals surface area contributed by atoms with Crippen LogP contribution >= 0.6 is 0 Å². The molecule has 7 heavy (non-hydrogen) atoms. The molecular formula is C5H14O2. The minimum atomic E-state index is 0.250. The van der Waals surface area contributed by atoms with Gasteiger partial charge in [-0.05, 0) is 13.3 Å². The zero-order valence-corrected chi connectivity index (χ0v) is 5.02. The standard InChI is InChI=1S/C3H8O.C2H6O/c1-2-3-4;1-2-3/h4H,2-3H2,1H3;3H,2H2,1H3. The number of hydrogen-bond acceptors (Lipinski definition) is 2. The Morgan fingerprint density at radius 1 is 1.14 bits per heavy atom. The van der Waals surface area contributed by atoms with Gasteiger partial charge in [0, 0.05) is 13.2 Å². The smallest absolute Gasteiger partial charge is 0.0428 e. The zero-order chi connectivity index (χ0) is 6.12. The number of aliphatic hydroxyl groups is 2. The molecule has 0 heterocycles. The van der Waals surface area contributed by atoms with E-state index in [1.807, 2.05) is 6.92 Å². The van der Waals surface area contributed by atoms with Crippen LogP contribution in [0.1, 0.15) is 20.3 Å². The highest BCUT2D eigenvalue weighted by Gasteiger charge is 1.57. The molecule has 0 atom stereocenters. The third kappa shape index (κ3) is 107. The molecule has 0 aliphatic carbocycles. The van der Waals surface area contributed by atoms with Crippen LogP contribution < -0.4 is 0 Å². The van der Waals surface area contributed by atoms with E-state index in [9.17, 15) is 0 Å². The van der Waals surface area contributed by atoms with Gasteiger partial charge in [0.25, 0.3) is 0 Å². The first-order chi connectivity index (χ1) is 3.33. The van der Waals surface area contributed by atoms with Gasteiger partial charge in [-0.15, -0.1) is 0 Å². The third-order valence-corrected chi connectivity index (χ3v) is 0.224. The van der Waals surface area contributed by atoms with Crippen molar-refractivity contribution in [1.29, 1.82) is 0 Å². The number of rotatable bonds is 1. The molecule has 0 radical (unpaired) electrons. The summed E-state index contributed by atoms with van der Waals surface area (Å²) in [4.78, 5) is 0. The molecule has 0 bridgehead atoms. The van der Waals surface area contributed by atoms with Gasteiger partial charge in [0.05, 0.1) is 0 Å². The van der Waals surface area contributed by atoms with Gasteiger partial charge in [0.1, 0.15) is 0 Å².